The summed E-state index contributed by atoms with van der Waals surface area (Å²) in [6.07, 6.45) is 1.45. The molecule has 10 nitrogen and oxygen atoms in total. The van der Waals surface area contributed by atoms with E-state index in [9.17, 15) is 18.0 Å². The van der Waals surface area contributed by atoms with Crippen LogP contribution in [0.3, 0.4) is 0 Å². The Hall–Kier alpha value is -2.40. The van der Waals surface area contributed by atoms with E-state index in [1.54, 1.807) is 28.1 Å². The number of pyridine rings is 1. The second kappa shape index (κ2) is 8.38. The first-order valence-electron chi connectivity index (χ1n) is 9.92. The molecule has 0 bridgehead atoms. The number of aromatic nitrogens is 1. The third-order valence-electron chi connectivity index (χ3n) is 4.96. The van der Waals surface area contributed by atoms with Crippen molar-refractivity contribution in [2.75, 3.05) is 48.3 Å². The highest BCUT2D eigenvalue weighted by Gasteiger charge is 2.35. The zero-order chi connectivity index (χ0) is 22.1. The minimum absolute atomic E-state index is 0.136. The van der Waals surface area contributed by atoms with Crippen LogP contribution in [0.25, 0.3) is 0 Å². The molecule has 1 aromatic rings. The molecule has 2 saturated heterocycles. The fraction of sp³-hybridized carbons (Fsp3) is 0.632. The lowest BCUT2D eigenvalue weighted by Gasteiger charge is -2.37. The Morgan fingerprint density at radius 2 is 1.93 bits per heavy atom. The van der Waals surface area contributed by atoms with Gasteiger partial charge < -0.3 is 19.4 Å². The molecule has 1 atom stereocenters. The number of ether oxygens (including phenoxy) is 1. The molecule has 2 fully saturated rings. The Kier molecular flexibility index (Phi) is 6.23. The fourth-order valence-electron chi connectivity index (χ4n) is 3.72. The molecule has 2 aliphatic rings. The first-order valence-corrected chi connectivity index (χ1v) is 11.6. The number of carbonyl (C=O) groups is 2. The first-order chi connectivity index (χ1) is 13.9. The summed E-state index contributed by atoms with van der Waals surface area (Å²) in [5.74, 6) is -0.0693. The van der Waals surface area contributed by atoms with Crippen LogP contribution in [-0.4, -0.2) is 74.4 Å². The van der Waals surface area contributed by atoms with Gasteiger partial charge in [-0.1, -0.05) is 0 Å². The topological polar surface area (TPSA) is 126 Å². The lowest BCUT2D eigenvalue weighted by molar-refractivity contribution is -0.117. The van der Waals surface area contributed by atoms with Gasteiger partial charge in [0.25, 0.3) is 0 Å². The average molecular weight is 440 g/mol. The van der Waals surface area contributed by atoms with Gasteiger partial charge in [-0.2, -0.15) is 0 Å². The maximum absolute atomic E-state index is 12.6. The minimum atomic E-state index is -3.65. The van der Waals surface area contributed by atoms with E-state index >= 15 is 0 Å². The Morgan fingerprint density at radius 3 is 2.53 bits per heavy atom. The van der Waals surface area contributed by atoms with Gasteiger partial charge in [0, 0.05) is 51.3 Å². The number of hydrogen-bond donors (Lipinski definition) is 1. The summed E-state index contributed by atoms with van der Waals surface area (Å²) >= 11 is 0. The molecule has 2 amide bonds. The average Bonchev–Trinajstić information content (AvgIpc) is 2.98. The van der Waals surface area contributed by atoms with Crippen molar-refractivity contribution in [3.05, 3.63) is 18.3 Å². The molecule has 3 heterocycles. The second-order valence-electron chi connectivity index (χ2n) is 8.70. The molecule has 0 saturated carbocycles. The van der Waals surface area contributed by atoms with Gasteiger partial charge in [0.15, 0.2) is 5.82 Å². The molecule has 0 aliphatic carbocycles. The third kappa shape index (κ3) is 5.60. The standard InChI is InChI=1S/C19H29N5O5S/c1-19(2,3)29-18(26)23-9-7-22(8-10-23)17-15(5-4-6-21-17)24-12-14(11-16(24)25)13-30(20,27)28/h4-6,14H,7-13H2,1-3H3,(H2,20,27,28). The minimum Gasteiger partial charge on any atom is -0.444 e. The monoisotopic (exact) mass is 439 g/mol. The van der Waals surface area contributed by atoms with Crippen LogP contribution in [0.15, 0.2) is 18.3 Å². The smallest absolute Gasteiger partial charge is 0.410 e. The van der Waals surface area contributed by atoms with Crippen LogP contribution in [0.1, 0.15) is 27.2 Å². The van der Waals surface area contributed by atoms with Gasteiger partial charge in [-0.05, 0) is 32.9 Å². The Bertz CT molecular complexity index is 906. The van der Waals surface area contributed by atoms with Crippen LogP contribution in [0, 0.1) is 5.92 Å². The lowest BCUT2D eigenvalue weighted by atomic mass is 10.1. The molecule has 166 valence electrons. The van der Waals surface area contributed by atoms with Crippen LogP contribution in [0.5, 0.6) is 0 Å². The van der Waals surface area contributed by atoms with Crippen LogP contribution in [0.4, 0.5) is 16.3 Å². The van der Waals surface area contributed by atoms with Crippen molar-refractivity contribution >= 4 is 33.5 Å². The highest BCUT2D eigenvalue weighted by molar-refractivity contribution is 7.89. The van der Waals surface area contributed by atoms with Crippen molar-refractivity contribution in [2.45, 2.75) is 32.8 Å². The molecule has 11 heteroatoms. The van der Waals surface area contributed by atoms with Crippen molar-refractivity contribution in [1.82, 2.24) is 9.88 Å². The highest BCUT2D eigenvalue weighted by Crippen LogP contribution is 2.33. The number of nitrogens with two attached hydrogens (primary N) is 1. The maximum Gasteiger partial charge on any atom is 0.410 e. The first kappa shape index (κ1) is 22.3. The molecule has 2 aliphatic heterocycles. The summed E-state index contributed by atoms with van der Waals surface area (Å²) in [6.45, 7) is 7.83. The summed E-state index contributed by atoms with van der Waals surface area (Å²) < 4.78 is 28.2. The molecule has 30 heavy (non-hydrogen) atoms. The maximum atomic E-state index is 12.6. The third-order valence-corrected chi connectivity index (χ3v) is 5.90. The number of carbonyl (C=O) groups excluding carboxylic acids is 2. The van der Waals surface area contributed by atoms with E-state index in [4.69, 9.17) is 9.88 Å². The molecule has 1 aromatic heterocycles. The fourth-order valence-corrected chi connectivity index (χ4v) is 4.61. The molecule has 0 aromatic carbocycles. The quantitative estimate of drug-likeness (QED) is 0.734. The van der Waals surface area contributed by atoms with Crippen molar-refractivity contribution < 1.29 is 22.7 Å². The van der Waals surface area contributed by atoms with Crippen LogP contribution < -0.4 is 14.9 Å². The number of amides is 2. The molecule has 1 unspecified atom stereocenters. The van der Waals surface area contributed by atoms with Gasteiger partial charge in [-0.3, -0.25) is 4.79 Å². The molecule has 0 radical (unpaired) electrons. The largest absolute Gasteiger partial charge is 0.444 e. The number of hydrogen-bond acceptors (Lipinski definition) is 7. The van der Waals surface area contributed by atoms with Gasteiger partial charge in [-0.15, -0.1) is 0 Å². The van der Waals surface area contributed by atoms with Crippen molar-refractivity contribution in [2.24, 2.45) is 11.1 Å². The lowest BCUT2D eigenvalue weighted by Crippen LogP contribution is -2.50. The van der Waals surface area contributed by atoms with Crippen LogP contribution >= 0.6 is 0 Å². The van der Waals surface area contributed by atoms with Gasteiger partial charge in [0.1, 0.15) is 5.60 Å². The van der Waals surface area contributed by atoms with E-state index in [1.807, 2.05) is 25.7 Å². The number of primary sulfonamides is 1. The van der Waals surface area contributed by atoms with Crippen molar-refractivity contribution in [3.63, 3.8) is 0 Å². The Balaban J connectivity index is 1.70. The van der Waals surface area contributed by atoms with E-state index in [1.165, 1.54) is 0 Å². The second-order valence-corrected chi connectivity index (χ2v) is 10.4. The van der Waals surface area contributed by atoms with Gasteiger partial charge >= 0.3 is 6.09 Å². The number of sulfonamides is 1. The molecule has 3 rings (SSSR count). The predicted molar refractivity (Wildman–Crippen MR) is 113 cm³/mol. The summed E-state index contributed by atoms with van der Waals surface area (Å²) in [5, 5.41) is 5.15. The van der Waals surface area contributed by atoms with Crippen molar-refractivity contribution in [3.8, 4) is 0 Å². The SMILES string of the molecule is CC(C)(C)OC(=O)N1CCN(c2ncccc2N2CC(CS(N)(=O)=O)CC2=O)CC1. The van der Waals surface area contributed by atoms with E-state index in [2.05, 4.69) is 4.98 Å². The number of rotatable bonds is 4. The number of anilines is 2. The number of nitrogens with zero attached hydrogens (tertiary/aromatic N) is 4. The predicted octanol–water partition coefficient (Wildman–Crippen LogP) is 0.780. The zero-order valence-electron chi connectivity index (χ0n) is 17.6. The summed E-state index contributed by atoms with van der Waals surface area (Å²) in [6, 6.07) is 3.55. The summed E-state index contributed by atoms with van der Waals surface area (Å²) in [7, 11) is -3.65. The van der Waals surface area contributed by atoms with Gasteiger partial charge in [0.2, 0.25) is 15.9 Å². The van der Waals surface area contributed by atoms with Gasteiger partial charge in [0.05, 0.1) is 11.4 Å². The van der Waals surface area contributed by atoms with Crippen molar-refractivity contribution in [1.29, 1.82) is 0 Å². The molecular formula is C19H29N5O5S. The van der Waals surface area contributed by atoms with E-state index in [0.29, 0.717) is 37.7 Å². The van der Waals surface area contributed by atoms with Crippen LogP contribution in [0.2, 0.25) is 0 Å². The molecule has 2 N–H and O–H groups in total. The normalized spacial score (nSPS) is 20.6. The zero-order valence-corrected chi connectivity index (χ0v) is 18.4. The highest BCUT2D eigenvalue weighted by atomic mass is 32.2. The summed E-state index contributed by atoms with van der Waals surface area (Å²) in [5.41, 5.74) is 0.0941. The van der Waals surface area contributed by atoms with Crippen LogP contribution in [-0.2, 0) is 19.6 Å². The Morgan fingerprint density at radius 1 is 1.27 bits per heavy atom. The summed E-state index contributed by atoms with van der Waals surface area (Å²) in [4.78, 5) is 34.6. The molecule has 0 spiro atoms. The van der Waals surface area contributed by atoms with E-state index in [-0.39, 0.29) is 36.6 Å². The Labute approximate surface area is 177 Å². The number of piperazine rings is 1. The van der Waals surface area contributed by atoms with E-state index < -0.39 is 15.6 Å². The van der Waals surface area contributed by atoms with Gasteiger partial charge in [-0.25, -0.2) is 23.3 Å². The van der Waals surface area contributed by atoms with E-state index in [0.717, 1.165) is 0 Å². The molecular weight excluding hydrogens is 410 g/mol.